The standard InChI is InChI=1S/C21H18BrN3S/c1-12-4-7-15(8-5-12)18-14(3)26-21-19(18)20(23-11-24-21)25-16-9-6-13(2)17(22)10-16/h4-11H,1-3H3,(H,23,24,25). The van der Waals surface area contributed by atoms with Crippen LogP contribution in [0, 0.1) is 20.8 Å². The summed E-state index contributed by atoms with van der Waals surface area (Å²) in [6.07, 6.45) is 1.63. The average Bonchev–Trinajstić information content (AvgIpc) is 2.96. The number of fused-ring (bicyclic) bond motifs is 1. The summed E-state index contributed by atoms with van der Waals surface area (Å²) in [5, 5.41) is 4.55. The monoisotopic (exact) mass is 423 g/mol. The quantitative estimate of drug-likeness (QED) is 0.394. The number of anilines is 2. The molecule has 0 atom stereocenters. The predicted molar refractivity (Wildman–Crippen MR) is 114 cm³/mol. The molecule has 4 aromatic rings. The fourth-order valence-corrected chi connectivity index (χ4v) is 4.41. The lowest BCUT2D eigenvalue weighted by atomic mass is 10.0. The van der Waals surface area contributed by atoms with Gasteiger partial charge in [0.15, 0.2) is 0 Å². The maximum atomic E-state index is 4.54. The van der Waals surface area contributed by atoms with E-state index >= 15 is 0 Å². The van der Waals surface area contributed by atoms with E-state index in [4.69, 9.17) is 0 Å². The van der Waals surface area contributed by atoms with Gasteiger partial charge in [0.2, 0.25) is 0 Å². The number of benzene rings is 2. The smallest absolute Gasteiger partial charge is 0.143 e. The zero-order valence-corrected chi connectivity index (χ0v) is 17.2. The third kappa shape index (κ3) is 3.13. The van der Waals surface area contributed by atoms with Crippen molar-refractivity contribution in [2.45, 2.75) is 20.8 Å². The highest BCUT2D eigenvalue weighted by atomic mass is 79.9. The van der Waals surface area contributed by atoms with Crippen molar-refractivity contribution in [1.82, 2.24) is 9.97 Å². The van der Waals surface area contributed by atoms with Crippen LogP contribution in [0.3, 0.4) is 0 Å². The van der Waals surface area contributed by atoms with E-state index in [1.54, 1.807) is 17.7 Å². The molecule has 0 aliphatic carbocycles. The molecule has 0 saturated heterocycles. The van der Waals surface area contributed by atoms with Gasteiger partial charge in [0.25, 0.3) is 0 Å². The Morgan fingerprint density at radius 2 is 1.73 bits per heavy atom. The molecule has 130 valence electrons. The summed E-state index contributed by atoms with van der Waals surface area (Å²) in [6.45, 7) is 6.33. The molecule has 0 saturated carbocycles. The van der Waals surface area contributed by atoms with Crippen LogP contribution >= 0.6 is 27.3 Å². The molecule has 0 unspecified atom stereocenters. The van der Waals surface area contributed by atoms with E-state index in [1.165, 1.54) is 27.1 Å². The van der Waals surface area contributed by atoms with E-state index < -0.39 is 0 Å². The van der Waals surface area contributed by atoms with Crippen LogP contribution in [0.4, 0.5) is 11.5 Å². The molecule has 1 N–H and O–H groups in total. The van der Waals surface area contributed by atoms with Gasteiger partial charge in [-0.15, -0.1) is 11.3 Å². The van der Waals surface area contributed by atoms with Crippen molar-refractivity contribution in [3.05, 3.63) is 69.3 Å². The Bertz CT molecular complexity index is 1100. The molecule has 2 heterocycles. The van der Waals surface area contributed by atoms with E-state index in [0.29, 0.717) is 0 Å². The van der Waals surface area contributed by atoms with E-state index in [2.05, 4.69) is 94.5 Å². The molecule has 0 fully saturated rings. The van der Waals surface area contributed by atoms with E-state index in [9.17, 15) is 0 Å². The number of thiophene rings is 1. The second-order valence-electron chi connectivity index (χ2n) is 6.39. The van der Waals surface area contributed by atoms with Crippen LogP contribution in [0.25, 0.3) is 21.3 Å². The van der Waals surface area contributed by atoms with Crippen molar-refractivity contribution in [2.24, 2.45) is 0 Å². The Morgan fingerprint density at radius 1 is 0.962 bits per heavy atom. The zero-order valence-electron chi connectivity index (χ0n) is 14.8. The van der Waals surface area contributed by atoms with Gasteiger partial charge in [-0.2, -0.15) is 0 Å². The van der Waals surface area contributed by atoms with Crippen LogP contribution in [-0.4, -0.2) is 9.97 Å². The highest BCUT2D eigenvalue weighted by Crippen LogP contribution is 2.41. The van der Waals surface area contributed by atoms with Gasteiger partial charge in [-0.3, -0.25) is 0 Å². The van der Waals surface area contributed by atoms with Gasteiger partial charge >= 0.3 is 0 Å². The first-order chi connectivity index (χ1) is 12.5. The van der Waals surface area contributed by atoms with E-state index in [-0.39, 0.29) is 0 Å². The van der Waals surface area contributed by atoms with Gasteiger partial charge in [0.1, 0.15) is 17.0 Å². The maximum absolute atomic E-state index is 4.54. The molecule has 2 aromatic heterocycles. The van der Waals surface area contributed by atoms with Crippen LogP contribution in [0.5, 0.6) is 0 Å². The fourth-order valence-electron chi connectivity index (χ4n) is 3.01. The van der Waals surface area contributed by atoms with Gasteiger partial charge in [0, 0.05) is 20.6 Å². The molecule has 5 heteroatoms. The lowest BCUT2D eigenvalue weighted by Gasteiger charge is -2.10. The summed E-state index contributed by atoms with van der Waals surface area (Å²) in [4.78, 5) is 11.3. The summed E-state index contributed by atoms with van der Waals surface area (Å²) < 4.78 is 1.08. The molecule has 3 nitrogen and oxygen atoms in total. The Morgan fingerprint density at radius 3 is 2.46 bits per heavy atom. The van der Waals surface area contributed by atoms with Gasteiger partial charge in [0.05, 0.1) is 5.39 Å². The van der Waals surface area contributed by atoms with Crippen LogP contribution in [0.1, 0.15) is 16.0 Å². The number of hydrogen-bond donors (Lipinski definition) is 1. The Balaban J connectivity index is 1.87. The Kier molecular flexibility index (Phi) is 4.51. The largest absolute Gasteiger partial charge is 0.340 e. The third-order valence-electron chi connectivity index (χ3n) is 4.44. The molecule has 0 spiro atoms. The molecule has 2 aromatic carbocycles. The molecule has 26 heavy (non-hydrogen) atoms. The molecule has 0 aliphatic rings. The minimum absolute atomic E-state index is 0.839. The number of aromatic nitrogens is 2. The minimum Gasteiger partial charge on any atom is -0.340 e. The minimum atomic E-state index is 0.839. The lowest BCUT2D eigenvalue weighted by Crippen LogP contribution is -1.96. The number of nitrogens with one attached hydrogen (secondary N) is 1. The topological polar surface area (TPSA) is 37.8 Å². The number of aryl methyl sites for hydroxylation is 3. The Hall–Kier alpha value is -2.24. The van der Waals surface area contributed by atoms with Crippen molar-refractivity contribution in [1.29, 1.82) is 0 Å². The molecule has 0 radical (unpaired) electrons. The van der Waals surface area contributed by atoms with E-state index in [0.717, 1.165) is 26.2 Å². The number of hydrogen-bond acceptors (Lipinski definition) is 4. The molecule has 0 aliphatic heterocycles. The third-order valence-corrected chi connectivity index (χ3v) is 6.31. The lowest BCUT2D eigenvalue weighted by molar-refractivity contribution is 1.23. The maximum Gasteiger partial charge on any atom is 0.143 e. The highest BCUT2D eigenvalue weighted by molar-refractivity contribution is 9.10. The number of nitrogens with zero attached hydrogens (tertiary/aromatic N) is 2. The van der Waals surface area contributed by atoms with Gasteiger partial charge in [-0.1, -0.05) is 51.8 Å². The molecule has 0 amide bonds. The predicted octanol–water partition coefficient (Wildman–Crippen LogP) is 6.79. The molecular formula is C21H18BrN3S. The number of halogens is 1. The van der Waals surface area contributed by atoms with Crippen LogP contribution in [0.2, 0.25) is 0 Å². The average molecular weight is 424 g/mol. The molecule has 4 rings (SSSR count). The summed E-state index contributed by atoms with van der Waals surface area (Å²) in [6, 6.07) is 14.9. The summed E-state index contributed by atoms with van der Waals surface area (Å²) >= 11 is 5.31. The van der Waals surface area contributed by atoms with Gasteiger partial charge < -0.3 is 5.32 Å². The normalized spacial score (nSPS) is 11.1. The van der Waals surface area contributed by atoms with Crippen molar-refractivity contribution >= 4 is 49.0 Å². The van der Waals surface area contributed by atoms with Crippen molar-refractivity contribution in [2.75, 3.05) is 5.32 Å². The molecular weight excluding hydrogens is 406 g/mol. The van der Waals surface area contributed by atoms with Gasteiger partial charge in [-0.05, 0) is 44.0 Å². The first-order valence-electron chi connectivity index (χ1n) is 8.37. The molecule has 0 bridgehead atoms. The number of rotatable bonds is 3. The van der Waals surface area contributed by atoms with Gasteiger partial charge in [-0.25, -0.2) is 9.97 Å². The van der Waals surface area contributed by atoms with Crippen molar-refractivity contribution < 1.29 is 0 Å². The SMILES string of the molecule is Cc1ccc(-c2c(C)sc3ncnc(Nc4ccc(C)c(Br)c4)c23)cc1. The van der Waals surface area contributed by atoms with Crippen LogP contribution in [-0.2, 0) is 0 Å². The van der Waals surface area contributed by atoms with Crippen LogP contribution in [0.15, 0.2) is 53.3 Å². The summed E-state index contributed by atoms with van der Waals surface area (Å²) in [5.74, 6) is 0.839. The van der Waals surface area contributed by atoms with Crippen molar-refractivity contribution in [3.63, 3.8) is 0 Å². The first kappa shape index (κ1) is 17.2. The van der Waals surface area contributed by atoms with Crippen molar-refractivity contribution in [3.8, 4) is 11.1 Å². The first-order valence-corrected chi connectivity index (χ1v) is 9.98. The van der Waals surface area contributed by atoms with Crippen LogP contribution < -0.4 is 5.32 Å². The zero-order chi connectivity index (χ0) is 18.3. The summed E-state index contributed by atoms with van der Waals surface area (Å²) in [5.41, 5.74) is 5.86. The van der Waals surface area contributed by atoms with E-state index in [1.807, 2.05) is 0 Å². The highest BCUT2D eigenvalue weighted by Gasteiger charge is 2.17. The summed E-state index contributed by atoms with van der Waals surface area (Å²) in [7, 11) is 0. The Labute approximate surface area is 165 Å². The fraction of sp³-hybridized carbons (Fsp3) is 0.143. The second-order valence-corrected chi connectivity index (χ2v) is 8.45. The second kappa shape index (κ2) is 6.82.